The molecule has 124 valence electrons. The highest BCUT2D eigenvalue weighted by atomic mass is 16.2. The summed E-state index contributed by atoms with van der Waals surface area (Å²) in [6, 6.07) is 8.53. The van der Waals surface area contributed by atoms with E-state index in [1.807, 2.05) is 4.90 Å². The molecule has 2 amide bonds. The van der Waals surface area contributed by atoms with Crippen molar-refractivity contribution in [3.63, 3.8) is 0 Å². The molecule has 0 aliphatic carbocycles. The largest absolute Gasteiger partial charge is 0.352 e. The molecule has 1 aliphatic rings. The molecule has 1 saturated heterocycles. The summed E-state index contributed by atoms with van der Waals surface area (Å²) in [7, 11) is 0. The Hall–Kier alpha value is -2.10. The van der Waals surface area contributed by atoms with Crippen molar-refractivity contribution in [1.29, 1.82) is 0 Å². The highest BCUT2D eigenvalue weighted by molar-refractivity contribution is 5.81. The molecule has 1 N–H and O–H groups in total. The number of nitrogens with zero attached hydrogens (tertiary/aromatic N) is 1. The second kappa shape index (κ2) is 7.95. The van der Waals surface area contributed by atoms with Crippen LogP contribution in [-0.4, -0.2) is 29.8 Å². The van der Waals surface area contributed by atoms with Gasteiger partial charge in [0.15, 0.2) is 0 Å². The van der Waals surface area contributed by atoms with Crippen LogP contribution in [0.5, 0.6) is 0 Å². The van der Waals surface area contributed by atoms with Crippen LogP contribution in [0.1, 0.15) is 43.9 Å². The van der Waals surface area contributed by atoms with Gasteiger partial charge in [-0.25, -0.2) is 0 Å². The smallest absolute Gasteiger partial charge is 0.225 e. The van der Waals surface area contributed by atoms with Gasteiger partial charge in [-0.05, 0) is 30.4 Å². The highest BCUT2D eigenvalue weighted by Crippen LogP contribution is 2.33. The lowest BCUT2D eigenvalue weighted by Gasteiger charge is -2.39. The molecule has 4 nitrogen and oxygen atoms in total. The van der Waals surface area contributed by atoms with Gasteiger partial charge in [0.1, 0.15) is 0 Å². The number of piperidine rings is 1. The first-order chi connectivity index (χ1) is 11.1. The molecule has 1 fully saturated rings. The van der Waals surface area contributed by atoms with Gasteiger partial charge in [0.05, 0.1) is 12.0 Å². The fourth-order valence-corrected chi connectivity index (χ4v) is 3.17. The van der Waals surface area contributed by atoms with E-state index in [0.29, 0.717) is 13.1 Å². The molecule has 0 aromatic heterocycles. The van der Waals surface area contributed by atoms with E-state index in [2.05, 4.69) is 43.1 Å². The van der Waals surface area contributed by atoms with Gasteiger partial charge < -0.3 is 10.2 Å². The van der Waals surface area contributed by atoms with Gasteiger partial charge in [-0.3, -0.25) is 9.59 Å². The molecule has 4 heteroatoms. The van der Waals surface area contributed by atoms with Gasteiger partial charge in [-0.15, -0.1) is 6.58 Å². The predicted octanol–water partition coefficient (Wildman–Crippen LogP) is 2.85. The van der Waals surface area contributed by atoms with Crippen molar-refractivity contribution in [3.05, 3.63) is 48.0 Å². The molecule has 1 aromatic carbocycles. The molecular formula is C19H26N2O2. The zero-order valence-corrected chi connectivity index (χ0v) is 14.0. The number of likely N-dealkylation sites (tertiary alicyclic amines) is 1. The summed E-state index contributed by atoms with van der Waals surface area (Å²) < 4.78 is 0. The molecule has 23 heavy (non-hydrogen) atoms. The fourth-order valence-electron chi connectivity index (χ4n) is 3.17. The third kappa shape index (κ3) is 4.21. The topological polar surface area (TPSA) is 49.4 Å². The minimum absolute atomic E-state index is 0.0101. The molecule has 1 heterocycles. The van der Waals surface area contributed by atoms with Crippen LogP contribution in [0.4, 0.5) is 0 Å². The quantitative estimate of drug-likeness (QED) is 0.850. The maximum absolute atomic E-state index is 12.2. The Bertz CT molecular complexity index is 565. The summed E-state index contributed by atoms with van der Waals surface area (Å²) in [6.45, 7) is 8.27. The highest BCUT2D eigenvalue weighted by Gasteiger charge is 2.33. The Morgan fingerprint density at radius 3 is 2.57 bits per heavy atom. The van der Waals surface area contributed by atoms with E-state index in [1.165, 1.54) is 5.56 Å². The summed E-state index contributed by atoms with van der Waals surface area (Å²) in [4.78, 5) is 26.1. The van der Waals surface area contributed by atoms with Crippen LogP contribution in [0.3, 0.4) is 0 Å². The summed E-state index contributed by atoms with van der Waals surface area (Å²) >= 11 is 0. The normalized spacial score (nSPS) is 20.9. The second-order valence-electron chi connectivity index (χ2n) is 6.09. The number of amides is 2. The molecule has 0 radical (unpaired) electrons. The van der Waals surface area contributed by atoms with Crippen LogP contribution in [-0.2, 0) is 16.0 Å². The van der Waals surface area contributed by atoms with Crippen molar-refractivity contribution in [3.8, 4) is 0 Å². The van der Waals surface area contributed by atoms with E-state index in [9.17, 15) is 9.59 Å². The number of nitrogens with one attached hydrogen (secondary N) is 1. The van der Waals surface area contributed by atoms with Crippen molar-refractivity contribution in [2.75, 3.05) is 13.1 Å². The third-order valence-corrected chi connectivity index (χ3v) is 4.55. The van der Waals surface area contributed by atoms with Gasteiger partial charge in [-0.2, -0.15) is 0 Å². The number of rotatable bonds is 5. The minimum atomic E-state index is -0.134. The Morgan fingerprint density at radius 2 is 2.00 bits per heavy atom. The Kier molecular flexibility index (Phi) is 5.97. The van der Waals surface area contributed by atoms with Crippen molar-refractivity contribution in [1.82, 2.24) is 10.2 Å². The van der Waals surface area contributed by atoms with Crippen molar-refractivity contribution in [2.45, 2.75) is 39.2 Å². The molecule has 0 saturated carbocycles. The molecule has 1 aliphatic heterocycles. The van der Waals surface area contributed by atoms with Gasteiger partial charge in [-0.1, -0.05) is 37.3 Å². The van der Waals surface area contributed by atoms with Gasteiger partial charge >= 0.3 is 0 Å². The standard InChI is InChI=1S/C19H26N2O2/c1-4-12-20-19(23)17-10-11-18(21(13-17)14(3)22)16-8-6-15(5-2)7-9-16/h4,6-9,17-18H,1,5,10-13H2,2-3H3,(H,20,23). The lowest BCUT2D eigenvalue weighted by Crippen LogP contribution is -2.46. The molecule has 2 rings (SSSR count). The maximum atomic E-state index is 12.2. The number of hydrogen-bond donors (Lipinski definition) is 1. The number of carbonyl (C=O) groups is 2. The Labute approximate surface area is 138 Å². The molecule has 0 spiro atoms. The molecule has 0 bridgehead atoms. The summed E-state index contributed by atoms with van der Waals surface area (Å²) in [5.74, 6) is -0.100. The first kappa shape index (κ1) is 17.3. The van der Waals surface area contributed by atoms with Gasteiger partial charge in [0.25, 0.3) is 0 Å². The van der Waals surface area contributed by atoms with Crippen LogP contribution in [0.2, 0.25) is 0 Å². The number of benzene rings is 1. The zero-order chi connectivity index (χ0) is 16.8. The lowest BCUT2D eigenvalue weighted by molar-refractivity contribution is -0.137. The van der Waals surface area contributed by atoms with Crippen LogP contribution in [0.15, 0.2) is 36.9 Å². The summed E-state index contributed by atoms with van der Waals surface area (Å²) in [5.41, 5.74) is 2.45. The Balaban J connectivity index is 2.11. The number of carbonyl (C=O) groups excluding carboxylic acids is 2. The van der Waals surface area contributed by atoms with Crippen LogP contribution in [0, 0.1) is 5.92 Å². The maximum Gasteiger partial charge on any atom is 0.225 e. The molecule has 2 unspecified atom stereocenters. The SMILES string of the molecule is C=CCNC(=O)C1CCC(c2ccc(CC)cc2)N(C(C)=O)C1. The zero-order valence-electron chi connectivity index (χ0n) is 14.0. The fraction of sp³-hybridized carbons (Fsp3) is 0.474. The molecular weight excluding hydrogens is 288 g/mol. The van der Waals surface area contributed by atoms with Crippen LogP contribution < -0.4 is 5.32 Å². The van der Waals surface area contributed by atoms with E-state index in [0.717, 1.165) is 24.8 Å². The van der Waals surface area contributed by atoms with Gasteiger partial charge in [0, 0.05) is 20.0 Å². The van der Waals surface area contributed by atoms with E-state index >= 15 is 0 Å². The van der Waals surface area contributed by atoms with E-state index in [4.69, 9.17) is 0 Å². The van der Waals surface area contributed by atoms with Crippen molar-refractivity contribution < 1.29 is 9.59 Å². The van der Waals surface area contributed by atoms with E-state index in [1.54, 1.807) is 13.0 Å². The van der Waals surface area contributed by atoms with E-state index in [-0.39, 0.29) is 23.8 Å². The first-order valence-electron chi connectivity index (χ1n) is 8.31. The number of hydrogen-bond acceptors (Lipinski definition) is 2. The lowest BCUT2D eigenvalue weighted by atomic mass is 9.88. The number of aryl methyl sites for hydroxylation is 1. The second-order valence-corrected chi connectivity index (χ2v) is 6.09. The van der Waals surface area contributed by atoms with E-state index < -0.39 is 0 Å². The monoisotopic (exact) mass is 314 g/mol. The average Bonchev–Trinajstić information content (AvgIpc) is 2.59. The first-order valence-corrected chi connectivity index (χ1v) is 8.31. The van der Waals surface area contributed by atoms with Crippen molar-refractivity contribution >= 4 is 11.8 Å². The van der Waals surface area contributed by atoms with Crippen LogP contribution >= 0.6 is 0 Å². The Morgan fingerprint density at radius 1 is 1.30 bits per heavy atom. The molecule has 2 atom stereocenters. The average molecular weight is 314 g/mol. The van der Waals surface area contributed by atoms with Crippen molar-refractivity contribution in [2.24, 2.45) is 5.92 Å². The third-order valence-electron chi connectivity index (χ3n) is 4.55. The van der Waals surface area contributed by atoms with Crippen LogP contribution in [0.25, 0.3) is 0 Å². The summed E-state index contributed by atoms with van der Waals surface area (Å²) in [6.07, 6.45) is 4.29. The minimum Gasteiger partial charge on any atom is -0.352 e. The molecule has 1 aromatic rings. The predicted molar refractivity (Wildman–Crippen MR) is 91.9 cm³/mol. The summed E-state index contributed by atoms with van der Waals surface area (Å²) in [5, 5.41) is 2.84. The van der Waals surface area contributed by atoms with Gasteiger partial charge in [0.2, 0.25) is 11.8 Å².